The molecule has 0 aliphatic rings. The molecule has 94 valence electrons. The van der Waals surface area contributed by atoms with Crippen LogP contribution in [0.4, 0.5) is 0 Å². The summed E-state index contributed by atoms with van der Waals surface area (Å²) in [6, 6.07) is 3.53. The summed E-state index contributed by atoms with van der Waals surface area (Å²) in [5.41, 5.74) is 2.24. The minimum Gasteiger partial charge on any atom is -0.496 e. The van der Waals surface area contributed by atoms with Crippen molar-refractivity contribution >= 4 is 5.97 Å². The van der Waals surface area contributed by atoms with Gasteiger partial charge in [0.25, 0.3) is 0 Å². The van der Waals surface area contributed by atoms with Crippen molar-refractivity contribution in [3.05, 3.63) is 28.8 Å². The standard InChI is InChI=1S/C13H18O4/c1-5-17-13(15)11(14)10-7-6-8(2)12(16-4)9(10)3/h6-7,11,14H,5H2,1-4H3. The minimum absolute atomic E-state index is 0.248. The summed E-state index contributed by atoms with van der Waals surface area (Å²) in [4.78, 5) is 11.5. The molecule has 1 N–H and O–H groups in total. The van der Waals surface area contributed by atoms with E-state index in [0.29, 0.717) is 11.3 Å². The van der Waals surface area contributed by atoms with Gasteiger partial charge in [0.2, 0.25) is 0 Å². The summed E-state index contributed by atoms with van der Waals surface area (Å²) in [5.74, 6) is 0.0485. The Hall–Kier alpha value is -1.55. The summed E-state index contributed by atoms with van der Waals surface area (Å²) in [5, 5.41) is 9.88. The summed E-state index contributed by atoms with van der Waals surface area (Å²) >= 11 is 0. The zero-order valence-corrected chi connectivity index (χ0v) is 10.6. The van der Waals surface area contributed by atoms with Crippen LogP contribution in [0.5, 0.6) is 5.75 Å². The first kappa shape index (κ1) is 13.5. The Morgan fingerprint density at radius 3 is 2.59 bits per heavy atom. The quantitative estimate of drug-likeness (QED) is 0.814. The van der Waals surface area contributed by atoms with Crippen LogP contribution in [-0.4, -0.2) is 24.8 Å². The monoisotopic (exact) mass is 238 g/mol. The third-order valence-electron chi connectivity index (χ3n) is 2.65. The number of aliphatic hydroxyl groups excluding tert-OH is 1. The summed E-state index contributed by atoms with van der Waals surface area (Å²) in [6.45, 7) is 5.67. The molecule has 1 atom stereocenters. The topological polar surface area (TPSA) is 55.8 Å². The van der Waals surface area contributed by atoms with Gasteiger partial charge in [-0.05, 0) is 37.5 Å². The summed E-state index contributed by atoms with van der Waals surface area (Å²) in [6.07, 6.45) is -1.26. The molecule has 0 aromatic heterocycles. The van der Waals surface area contributed by atoms with Crippen LogP contribution in [-0.2, 0) is 9.53 Å². The van der Waals surface area contributed by atoms with Gasteiger partial charge in [0.05, 0.1) is 13.7 Å². The molecule has 0 fully saturated rings. The molecule has 1 unspecified atom stereocenters. The second kappa shape index (κ2) is 5.68. The van der Waals surface area contributed by atoms with Crippen molar-refractivity contribution in [3.63, 3.8) is 0 Å². The third kappa shape index (κ3) is 2.77. The van der Waals surface area contributed by atoms with E-state index in [-0.39, 0.29) is 6.61 Å². The Morgan fingerprint density at radius 2 is 2.06 bits per heavy atom. The Kier molecular flexibility index (Phi) is 4.52. The molecular weight excluding hydrogens is 220 g/mol. The molecule has 0 bridgehead atoms. The fourth-order valence-electron chi connectivity index (χ4n) is 1.80. The van der Waals surface area contributed by atoms with Gasteiger partial charge in [-0.2, -0.15) is 0 Å². The highest BCUT2D eigenvalue weighted by Crippen LogP contribution is 2.29. The van der Waals surface area contributed by atoms with Crippen molar-refractivity contribution < 1.29 is 19.4 Å². The number of aryl methyl sites for hydroxylation is 1. The van der Waals surface area contributed by atoms with Crippen molar-refractivity contribution in [2.45, 2.75) is 26.9 Å². The molecule has 4 nitrogen and oxygen atoms in total. The lowest BCUT2D eigenvalue weighted by atomic mass is 9.99. The van der Waals surface area contributed by atoms with Crippen LogP contribution in [0.25, 0.3) is 0 Å². The number of rotatable bonds is 4. The van der Waals surface area contributed by atoms with E-state index in [0.717, 1.165) is 11.1 Å². The number of hydrogen-bond donors (Lipinski definition) is 1. The lowest BCUT2D eigenvalue weighted by molar-refractivity contribution is -0.153. The SMILES string of the molecule is CCOC(=O)C(O)c1ccc(C)c(OC)c1C. The lowest BCUT2D eigenvalue weighted by Gasteiger charge is -2.16. The second-order valence-corrected chi connectivity index (χ2v) is 3.78. The molecule has 4 heteroatoms. The number of carbonyl (C=O) groups is 1. The molecule has 0 radical (unpaired) electrons. The van der Waals surface area contributed by atoms with Gasteiger partial charge in [0, 0.05) is 0 Å². The summed E-state index contributed by atoms with van der Waals surface area (Å²) < 4.78 is 10.0. The maximum atomic E-state index is 11.5. The van der Waals surface area contributed by atoms with Crippen molar-refractivity contribution in [2.24, 2.45) is 0 Å². The minimum atomic E-state index is -1.26. The number of methoxy groups -OCH3 is 1. The van der Waals surface area contributed by atoms with Gasteiger partial charge in [-0.3, -0.25) is 0 Å². The van der Waals surface area contributed by atoms with Crippen LogP contribution < -0.4 is 4.74 Å². The molecule has 0 saturated heterocycles. The van der Waals surface area contributed by atoms with Crippen molar-refractivity contribution in [1.29, 1.82) is 0 Å². The molecule has 1 aromatic carbocycles. The van der Waals surface area contributed by atoms with E-state index in [4.69, 9.17) is 9.47 Å². The maximum absolute atomic E-state index is 11.5. The van der Waals surface area contributed by atoms with Crippen LogP contribution >= 0.6 is 0 Å². The second-order valence-electron chi connectivity index (χ2n) is 3.78. The van der Waals surface area contributed by atoms with E-state index in [1.807, 2.05) is 19.9 Å². The van der Waals surface area contributed by atoms with E-state index >= 15 is 0 Å². The first-order valence-corrected chi connectivity index (χ1v) is 5.51. The van der Waals surface area contributed by atoms with E-state index in [1.54, 1.807) is 20.1 Å². The Labute approximate surface area is 101 Å². The summed E-state index contributed by atoms with van der Waals surface area (Å²) in [7, 11) is 1.57. The van der Waals surface area contributed by atoms with E-state index in [9.17, 15) is 9.90 Å². The van der Waals surface area contributed by atoms with Crippen molar-refractivity contribution in [3.8, 4) is 5.75 Å². The predicted molar refractivity (Wildman–Crippen MR) is 64.1 cm³/mol. The average molecular weight is 238 g/mol. The van der Waals surface area contributed by atoms with Crippen LogP contribution in [0.3, 0.4) is 0 Å². The smallest absolute Gasteiger partial charge is 0.339 e. The van der Waals surface area contributed by atoms with Crippen LogP contribution in [0.1, 0.15) is 29.7 Å². The van der Waals surface area contributed by atoms with Gasteiger partial charge in [-0.15, -0.1) is 0 Å². The molecular formula is C13H18O4. The normalized spacial score (nSPS) is 12.1. The van der Waals surface area contributed by atoms with Crippen LogP contribution in [0.2, 0.25) is 0 Å². The van der Waals surface area contributed by atoms with Gasteiger partial charge in [-0.1, -0.05) is 12.1 Å². The average Bonchev–Trinajstić information content (AvgIpc) is 2.29. The molecule has 17 heavy (non-hydrogen) atoms. The van der Waals surface area contributed by atoms with E-state index in [1.165, 1.54) is 0 Å². The number of aliphatic hydroxyl groups is 1. The zero-order chi connectivity index (χ0) is 13.0. The van der Waals surface area contributed by atoms with Crippen LogP contribution in [0, 0.1) is 13.8 Å². The van der Waals surface area contributed by atoms with Gasteiger partial charge in [0.1, 0.15) is 5.75 Å². The molecule has 0 amide bonds. The Morgan fingerprint density at radius 1 is 1.41 bits per heavy atom. The molecule has 0 spiro atoms. The Bertz CT molecular complexity index is 412. The fraction of sp³-hybridized carbons (Fsp3) is 0.462. The molecule has 0 heterocycles. The first-order valence-electron chi connectivity index (χ1n) is 5.51. The number of hydrogen-bond acceptors (Lipinski definition) is 4. The van der Waals surface area contributed by atoms with E-state index < -0.39 is 12.1 Å². The third-order valence-corrected chi connectivity index (χ3v) is 2.65. The molecule has 0 aliphatic carbocycles. The zero-order valence-electron chi connectivity index (χ0n) is 10.6. The largest absolute Gasteiger partial charge is 0.496 e. The number of esters is 1. The van der Waals surface area contributed by atoms with Gasteiger partial charge >= 0.3 is 5.97 Å². The number of ether oxygens (including phenoxy) is 2. The van der Waals surface area contributed by atoms with Gasteiger partial charge in [-0.25, -0.2) is 4.79 Å². The molecule has 1 aromatic rings. The highest BCUT2D eigenvalue weighted by atomic mass is 16.5. The fourth-order valence-corrected chi connectivity index (χ4v) is 1.80. The van der Waals surface area contributed by atoms with Crippen LogP contribution in [0.15, 0.2) is 12.1 Å². The Balaban J connectivity index is 3.10. The van der Waals surface area contributed by atoms with Crippen molar-refractivity contribution in [2.75, 3.05) is 13.7 Å². The highest BCUT2D eigenvalue weighted by molar-refractivity contribution is 5.77. The van der Waals surface area contributed by atoms with Gasteiger partial charge in [0.15, 0.2) is 6.10 Å². The maximum Gasteiger partial charge on any atom is 0.339 e. The number of carbonyl (C=O) groups excluding carboxylic acids is 1. The van der Waals surface area contributed by atoms with Crippen molar-refractivity contribution in [1.82, 2.24) is 0 Å². The molecule has 0 aliphatic heterocycles. The lowest BCUT2D eigenvalue weighted by Crippen LogP contribution is -2.16. The van der Waals surface area contributed by atoms with Gasteiger partial charge < -0.3 is 14.6 Å². The van der Waals surface area contributed by atoms with E-state index in [2.05, 4.69) is 0 Å². The molecule has 0 saturated carbocycles. The predicted octanol–water partition coefficient (Wildman–Crippen LogP) is 1.91. The highest BCUT2D eigenvalue weighted by Gasteiger charge is 2.22. The first-order chi connectivity index (χ1) is 8.02. The number of benzene rings is 1. The molecule has 1 rings (SSSR count).